The van der Waals surface area contributed by atoms with E-state index < -0.39 is 0 Å². The van der Waals surface area contributed by atoms with Gasteiger partial charge in [-0.2, -0.15) is 4.98 Å². The van der Waals surface area contributed by atoms with E-state index in [0.29, 0.717) is 5.92 Å². The molecule has 2 aromatic rings. The van der Waals surface area contributed by atoms with Crippen LogP contribution in [0.2, 0.25) is 5.02 Å². The number of likely N-dealkylation sites (tertiary alicyclic amines) is 1. The lowest BCUT2D eigenvalue weighted by Gasteiger charge is -2.30. The molecular formula is C17H22ClN3O2. The lowest BCUT2D eigenvalue weighted by Crippen LogP contribution is -2.34. The van der Waals surface area contributed by atoms with Gasteiger partial charge in [0, 0.05) is 17.5 Å². The molecule has 124 valence electrons. The van der Waals surface area contributed by atoms with Gasteiger partial charge in [0.1, 0.15) is 5.75 Å². The monoisotopic (exact) mass is 335 g/mol. The Morgan fingerprint density at radius 3 is 2.65 bits per heavy atom. The number of hydrogen-bond donors (Lipinski definition) is 0. The smallest absolute Gasteiger partial charge is 0.229 e. The molecule has 1 aromatic carbocycles. The number of halogens is 1. The SMILES string of the molecule is Cc1noc(C2CCN(CCCOc3ccc(Cl)cc3)CC2)n1. The molecule has 0 saturated carbocycles. The van der Waals surface area contributed by atoms with Gasteiger partial charge in [0.2, 0.25) is 5.89 Å². The molecule has 6 heteroatoms. The Labute approximate surface area is 141 Å². The number of aryl methyl sites for hydroxylation is 1. The Hall–Kier alpha value is -1.59. The summed E-state index contributed by atoms with van der Waals surface area (Å²) in [5.74, 6) is 2.81. The number of hydrogen-bond acceptors (Lipinski definition) is 5. The van der Waals surface area contributed by atoms with E-state index in [9.17, 15) is 0 Å². The third-order valence-electron chi connectivity index (χ3n) is 4.18. The predicted octanol–water partition coefficient (Wildman–Crippen LogP) is 3.68. The second kappa shape index (κ2) is 7.79. The van der Waals surface area contributed by atoms with Gasteiger partial charge in [-0.1, -0.05) is 16.8 Å². The van der Waals surface area contributed by atoms with Gasteiger partial charge in [0.25, 0.3) is 0 Å². The van der Waals surface area contributed by atoms with Crippen molar-refractivity contribution in [1.82, 2.24) is 15.0 Å². The Morgan fingerprint density at radius 1 is 1.26 bits per heavy atom. The molecule has 0 radical (unpaired) electrons. The van der Waals surface area contributed by atoms with Crippen molar-refractivity contribution < 1.29 is 9.26 Å². The van der Waals surface area contributed by atoms with Crippen LogP contribution in [0.4, 0.5) is 0 Å². The van der Waals surface area contributed by atoms with Crippen LogP contribution >= 0.6 is 11.6 Å². The summed E-state index contributed by atoms with van der Waals surface area (Å²) in [5, 5.41) is 4.61. The van der Waals surface area contributed by atoms with Crippen molar-refractivity contribution in [1.29, 1.82) is 0 Å². The highest BCUT2D eigenvalue weighted by Crippen LogP contribution is 2.26. The van der Waals surface area contributed by atoms with E-state index in [1.165, 1.54) is 0 Å². The zero-order chi connectivity index (χ0) is 16.1. The van der Waals surface area contributed by atoms with Gasteiger partial charge in [-0.3, -0.25) is 0 Å². The molecule has 2 heterocycles. The van der Waals surface area contributed by atoms with Crippen LogP contribution in [0.1, 0.15) is 36.9 Å². The van der Waals surface area contributed by atoms with E-state index in [1.807, 2.05) is 31.2 Å². The zero-order valence-electron chi connectivity index (χ0n) is 13.4. The molecule has 1 aliphatic heterocycles. The highest BCUT2D eigenvalue weighted by molar-refractivity contribution is 6.30. The fourth-order valence-corrected chi connectivity index (χ4v) is 3.02. The maximum absolute atomic E-state index is 5.85. The average Bonchev–Trinajstić information content (AvgIpc) is 3.00. The van der Waals surface area contributed by atoms with Crippen LogP contribution in [0.15, 0.2) is 28.8 Å². The van der Waals surface area contributed by atoms with Gasteiger partial charge in [-0.15, -0.1) is 0 Å². The number of benzene rings is 1. The molecule has 0 amide bonds. The second-order valence-corrected chi connectivity index (χ2v) is 6.39. The molecule has 0 unspecified atom stereocenters. The van der Waals surface area contributed by atoms with Crippen LogP contribution in [0.25, 0.3) is 0 Å². The van der Waals surface area contributed by atoms with Crippen LogP contribution in [0.5, 0.6) is 5.75 Å². The van der Waals surface area contributed by atoms with Crippen molar-refractivity contribution in [3.05, 3.63) is 41.0 Å². The molecular weight excluding hydrogens is 314 g/mol. The van der Waals surface area contributed by atoms with Crippen molar-refractivity contribution in [3.8, 4) is 5.75 Å². The largest absolute Gasteiger partial charge is 0.494 e. The first-order chi connectivity index (χ1) is 11.2. The van der Waals surface area contributed by atoms with Crippen LogP contribution in [-0.4, -0.2) is 41.3 Å². The van der Waals surface area contributed by atoms with Crippen molar-refractivity contribution in [2.75, 3.05) is 26.2 Å². The average molecular weight is 336 g/mol. The summed E-state index contributed by atoms with van der Waals surface area (Å²) in [7, 11) is 0. The first-order valence-corrected chi connectivity index (χ1v) is 8.49. The lowest BCUT2D eigenvalue weighted by atomic mass is 9.97. The predicted molar refractivity (Wildman–Crippen MR) is 89.0 cm³/mol. The Bertz CT molecular complexity index is 607. The molecule has 1 fully saturated rings. The fraction of sp³-hybridized carbons (Fsp3) is 0.529. The van der Waals surface area contributed by atoms with E-state index in [4.69, 9.17) is 20.9 Å². The maximum Gasteiger partial charge on any atom is 0.229 e. The van der Waals surface area contributed by atoms with Crippen LogP contribution in [-0.2, 0) is 0 Å². The van der Waals surface area contributed by atoms with Gasteiger partial charge >= 0.3 is 0 Å². The number of aromatic nitrogens is 2. The van der Waals surface area contributed by atoms with Crippen molar-refractivity contribution >= 4 is 11.6 Å². The highest BCUT2D eigenvalue weighted by Gasteiger charge is 2.24. The van der Waals surface area contributed by atoms with Crippen molar-refractivity contribution in [2.24, 2.45) is 0 Å². The first-order valence-electron chi connectivity index (χ1n) is 8.11. The van der Waals surface area contributed by atoms with E-state index in [0.717, 1.165) is 68.0 Å². The number of rotatable bonds is 6. The second-order valence-electron chi connectivity index (χ2n) is 5.95. The van der Waals surface area contributed by atoms with Crippen LogP contribution < -0.4 is 4.74 Å². The molecule has 3 rings (SSSR count). The molecule has 1 aliphatic rings. The van der Waals surface area contributed by atoms with Gasteiger partial charge < -0.3 is 14.2 Å². The lowest BCUT2D eigenvalue weighted by molar-refractivity contribution is 0.180. The minimum Gasteiger partial charge on any atom is -0.494 e. The summed E-state index contributed by atoms with van der Waals surface area (Å²) < 4.78 is 11.0. The normalized spacial score (nSPS) is 16.6. The molecule has 23 heavy (non-hydrogen) atoms. The number of nitrogens with zero attached hydrogens (tertiary/aromatic N) is 3. The standard InChI is InChI=1S/C17H22ClN3O2/c1-13-19-17(23-20-13)14-7-10-21(11-8-14)9-2-12-22-16-5-3-15(18)4-6-16/h3-6,14H,2,7-12H2,1H3. The zero-order valence-corrected chi connectivity index (χ0v) is 14.1. The Balaban J connectivity index is 1.34. The maximum atomic E-state index is 5.85. The first kappa shape index (κ1) is 16.3. The van der Waals surface area contributed by atoms with E-state index in [1.54, 1.807) is 0 Å². The highest BCUT2D eigenvalue weighted by atomic mass is 35.5. The molecule has 0 aliphatic carbocycles. The molecule has 0 bridgehead atoms. The molecule has 1 saturated heterocycles. The third kappa shape index (κ3) is 4.69. The van der Waals surface area contributed by atoms with E-state index in [-0.39, 0.29) is 0 Å². The van der Waals surface area contributed by atoms with Gasteiger partial charge in [-0.05, 0) is 63.5 Å². The third-order valence-corrected chi connectivity index (χ3v) is 4.43. The summed E-state index contributed by atoms with van der Waals surface area (Å²) in [6.45, 7) is 5.80. The minimum atomic E-state index is 0.415. The summed E-state index contributed by atoms with van der Waals surface area (Å²) >= 11 is 5.85. The van der Waals surface area contributed by atoms with Gasteiger partial charge in [0.15, 0.2) is 5.82 Å². The molecule has 0 atom stereocenters. The summed E-state index contributed by atoms with van der Waals surface area (Å²) in [6.07, 6.45) is 3.19. The van der Waals surface area contributed by atoms with Gasteiger partial charge in [-0.25, -0.2) is 0 Å². The molecule has 1 aromatic heterocycles. The Kier molecular flexibility index (Phi) is 5.51. The quantitative estimate of drug-likeness (QED) is 0.754. The number of piperidine rings is 1. The minimum absolute atomic E-state index is 0.415. The van der Waals surface area contributed by atoms with Crippen LogP contribution in [0, 0.1) is 6.92 Å². The summed E-state index contributed by atoms with van der Waals surface area (Å²) in [4.78, 5) is 6.83. The van der Waals surface area contributed by atoms with E-state index in [2.05, 4.69) is 15.0 Å². The van der Waals surface area contributed by atoms with Crippen molar-refractivity contribution in [3.63, 3.8) is 0 Å². The summed E-state index contributed by atoms with van der Waals surface area (Å²) in [6, 6.07) is 7.50. The molecule has 0 N–H and O–H groups in total. The van der Waals surface area contributed by atoms with E-state index >= 15 is 0 Å². The van der Waals surface area contributed by atoms with Crippen LogP contribution in [0.3, 0.4) is 0 Å². The van der Waals surface area contributed by atoms with Crippen molar-refractivity contribution in [2.45, 2.75) is 32.1 Å². The fourth-order valence-electron chi connectivity index (χ4n) is 2.89. The number of ether oxygens (including phenoxy) is 1. The topological polar surface area (TPSA) is 51.4 Å². The Morgan fingerprint density at radius 2 is 2.00 bits per heavy atom. The molecule has 0 spiro atoms. The summed E-state index contributed by atoms with van der Waals surface area (Å²) in [5.41, 5.74) is 0. The molecule has 5 nitrogen and oxygen atoms in total. The van der Waals surface area contributed by atoms with Gasteiger partial charge in [0.05, 0.1) is 6.61 Å².